The first-order chi connectivity index (χ1) is 20.3. The van der Waals surface area contributed by atoms with Crippen molar-refractivity contribution in [2.75, 3.05) is 32.7 Å². The van der Waals surface area contributed by atoms with Gasteiger partial charge < -0.3 is 30.8 Å². The van der Waals surface area contributed by atoms with Gasteiger partial charge in [-0.1, -0.05) is 0 Å². The lowest BCUT2D eigenvalue weighted by Crippen LogP contribution is -2.34. The van der Waals surface area contributed by atoms with Gasteiger partial charge in [-0.15, -0.1) is 0 Å². The number of carbonyl (C=O) groups excluding carboxylic acids is 1. The van der Waals surface area contributed by atoms with Crippen LogP contribution >= 0.6 is 0 Å². The Bertz CT molecular complexity index is 1410. The second kappa shape index (κ2) is 14.3. The summed E-state index contributed by atoms with van der Waals surface area (Å²) < 4.78 is 2.47. The Morgan fingerprint density at radius 2 is 1.05 bits per heavy atom. The molecule has 3 heterocycles. The molecule has 6 N–H and O–H groups in total. The minimum Gasteiger partial charge on any atom is -0.480 e. The van der Waals surface area contributed by atoms with Crippen molar-refractivity contribution in [2.24, 2.45) is 0 Å². The zero-order chi connectivity index (χ0) is 31.7. The predicted molar refractivity (Wildman–Crippen MR) is 140 cm³/mol. The van der Waals surface area contributed by atoms with Crippen molar-refractivity contribution in [3.8, 4) is 11.6 Å². The van der Waals surface area contributed by atoms with Crippen LogP contribution in [-0.4, -0.2) is 128 Å². The number of aromatic nitrogens is 5. The Hall–Kier alpha value is -5.69. The van der Waals surface area contributed by atoms with Crippen LogP contribution in [0.1, 0.15) is 21.7 Å². The van der Waals surface area contributed by atoms with Gasteiger partial charge in [-0.2, -0.15) is 10.2 Å². The van der Waals surface area contributed by atoms with E-state index in [1.165, 1.54) is 46.0 Å². The second-order valence-corrected chi connectivity index (χ2v) is 9.02. The van der Waals surface area contributed by atoms with Crippen molar-refractivity contribution in [3.05, 3.63) is 53.6 Å². The van der Waals surface area contributed by atoms with Crippen LogP contribution in [-0.2, 0) is 37.1 Å². The van der Waals surface area contributed by atoms with Crippen LogP contribution in [0.4, 0.5) is 0 Å². The molecule has 0 saturated heterocycles. The van der Waals surface area contributed by atoms with Gasteiger partial charge in [-0.05, 0) is 24.3 Å². The number of carboxylic acids is 5. The molecule has 0 unspecified atom stereocenters. The average Bonchev–Trinajstić information content (AvgIpc) is 3.55. The first-order valence-corrected chi connectivity index (χ1v) is 12.2. The fraction of sp³-hybridized carbons (Fsp3) is 0.292. The molecule has 3 aromatic rings. The van der Waals surface area contributed by atoms with Crippen LogP contribution in [0, 0.1) is 0 Å². The molecule has 3 aromatic heterocycles. The molecule has 0 aromatic carbocycles. The molecule has 0 bridgehead atoms. The molecular weight excluding hydrogens is 576 g/mol. The third kappa shape index (κ3) is 10.0. The van der Waals surface area contributed by atoms with Crippen LogP contribution < -0.4 is 5.32 Å². The zero-order valence-electron chi connectivity index (χ0n) is 22.2. The van der Waals surface area contributed by atoms with E-state index in [1.807, 2.05) is 0 Å². The average molecular weight is 603 g/mol. The highest BCUT2D eigenvalue weighted by Crippen LogP contribution is 2.16. The van der Waals surface area contributed by atoms with E-state index < -0.39 is 68.5 Å². The van der Waals surface area contributed by atoms with Gasteiger partial charge >= 0.3 is 29.8 Å². The predicted octanol–water partition coefficient (Wildman–Crippen LogP) is -1.79. The maximum Gasteiger partial charge on any atom is 0.322 e. The molecule has 19 heteroatoms. The van der Waals surface area contributed by atoms with E-state index in [4.69, 9.17) is 25.5 Å². The Labute approximate surface area is 241 Å². The van der Waals surface area contributed by atoms with Gasteiger partial charge in [-0.3, -0.25) is 38.6 Å². The van der Waals surface area contributed by atoms with Crippen molar-refractivity contribution >= 4 is 35.8 Å². The fourth-order valence-electron chi connectivity index (χ4n) is 3.83. The molecule has 0 saturated carbocycles. The molecule has 0 atom stereocenters. The summed E-state index contributed by atoms with van der Waals surface area (Å²) in [6, 6.07) is 5.58. The highest BCUT2D eigenvalue weighted by atomic mass is 16.4. The number of hydrogen-bond donors (Lipinski definition) is 6. The van der Waals surface area contributed by atoms with Gasteiger partial charge in [0.25, 0.3) is 5.91 Å². The summed E-state index contributed by atoms with van der Waals surface area (Å²) in [5.41, 5.74) is 0.530. The lowest BCUT2D eigenvalue weighted by Gasteiger charge is -2.16. The summed E-state index contributed by atoms with van der Waals surface area (Å²) >= 11 is 0. The van der Waals surface area contributed by atoms with Crippen molar-refractivity contribution < 1.29 is 54.3 Å². The van der Waals surface area contributed by atoms with Gasteiger partial charge in [0.15, 0.2) is 11.6 Å². The summed E-state index contributed by atoms with van der Waals surface area (Å²) in [5.74, 6) is -6.88. The van der Waals surface area contributed by atoms with Gasteiger partial charge in [-0.25, -0.2) is 14.3 Å². The summed E-state index contributed by atoms with van der Waals surface area (Å²) in [5, 5.41) is 56.1. The molecule has 43 heavy (non-hydrogen) atoms. The monoisotopic (exact) mass is 602 g/mol. The van der Waals surface area contributed by atoms with Crippen LogP contribution in [0.25, 0.3) is 11.6 Å². The van der Waals surface area contributed by atoms with E-state index in [-0.39, 0.29) is 41.7 Å². The number of carbonyl (C=O) groups is 6. The molecule has 0 aliphatic rings. The quantitative estimate of drug-likeness (QED) is 0.0995. The number of nitrogens with zero attached hydrogens (tertiary/aromatic N) is 7. The summed E-state index contributed by atoms with van der Waals surface area (Å²) in [6.45, 7) is -3.17. The van der Waals surface area contributed by atoms with Crippen molar-refractivity contribution in [1.29, 1.82) is 0 Å². The van der Waals surface area contributed by atoms with E-state index in [0.717, 1.165) is 9.80 Å². The first-order valence-electron chi connectivity index (χ1n) is 12.2. The Balaban J connectivity index is 1.95. The molecule has 228 valence electrons. The number of aliphatic carboxylic acids is 5. The lowest BCUT2D eigenvalue weighted by atomic mass is 10.2. The van der Waals surface area contributed by atoms with Gasteiger partial charge in [0.1, 0.15) is 6.54 Å². The van der Waals surface area contributed by atoms with E-state index in [1.54, 1.807) is 0 Å². The second-order valence-electron chi connectivity index (χ2n) is 9.02. The van der Waals surface area contributed by atoms with Crippen LogP contribution in [0.2, 0.25) is 0 Å². The van der Waals surface area contributed by atoms with Crippen LogP contribution in [0.15, 0.2) is 36.7 Å². The summed E-state index contributed by atoms with van der Waals surface area (Å²) in [6.07, 6.45) is 2.87. The zero-order valence-corrected chi connectivity index (χ0v) is 22.2. The maximum atomic E-state index is 12.7. The standard InChI is InChI=1S/C24H26N8O11/c33-19(34)7-25-24(43)14-5-17(31-3-1-15(27-31)8-29(10-20(35)36)11-21(37)38)26-18(6-14)32-4-2-16(28-32)9-30(12-22(39)40)13-23(41)42/h1-6H,7-13H2,(H,25,43)(H,33,34)(H,35,36)(H,37,38)(H,39,40)(H,41,42). The number of rotatable bonds is 17. The highest BCUT2D eigenvalue weighted by Gasteiger charge is 2.19. The van der Waals surface area contributed by atoms with E-state index >= 15 is 0 Å². The van der Waals surface area contributed by atoms with E-state index in [0.29, 0.717) is 0 Å². The molecule has 0 aliphatic carbocycles. The number of amides is 1. The Morgan fingerprint density at radius 3 is 1.40 bits per heavy atom. The number of carboxylic acid groups (broad SMARTS) is 5. The summed E-state index contributed by atoms with van der Waals surface area (Å²) in [4.78, 5) is 74.9. The largest absolute Gasteiger partial charge is 0.480 e. The maximum absolute atomic E-state index is 12.7. The lowest BCUT2D eigenvalue weighted by molar-refractivity contribution is -0.144. The van der Waals surface area contributed by atoms with Gasteiger partial charge in [0.2, 0.25) is 0 Å². The first kappa shape index (κ1) is 31.8. The number of nitrogens with one attached hydrogen (secondary N) is 1. The molecule has 0 fully saturated rings. The van der Waals surface area contributed by atoms with Crippen LogP contribution in [0.5, 0.6) is 0 Å². The van der Waals surface area contributed by atoms with Crippen LogP contribution in [0.3, 0.4) is 0 Å². The molecule has 0 spiro atoms. The molecule has 1 amide bonds. The van der Waals surface area contributed by atoms with Gasteiger partial charge in [0.05, 0.1) is 37.6 Å². The van der Waals surface area contributed by atoms with E-state index in [2.05, 4.69) is 20.5 Å². The normalized spacial score (nSPS) is 11.0. The molecule has 0 aliphatic heterocycles. The fourth-order valence-corrected chi connectivity index (χ4v) is 3.83. The topological polar surface area (TPSA) is 271 Å². The van der Waals surface area contributed by atoms with Crippen molar-refractivity contribution in [1.82, 2.24) is 39.7 Å². The van der Waals surface area contributed by atoms with Crippen molar-refractivity contribution in [3.63, 3.8) is 0 Å². The molecule has 3 rings (SSSR count). The minimum atomic E-state index is -1.28. The van der Waals surface area contributed by atoms with Crippen molar-refractivity contribution in [2.45, 2.75) is 13.1 Å². The Morgan fingerprint density at radius 1 is 0.651 bits per heavy atom. The third-order valence-corrected chi connectivity index (χ3v) is 5.43. The Kier molecular flexibility index (Phi) is 10.6. The smallest absolute Gasteiger partial charge is 0.322 e. The molecule has 19 nitrogen and oxygen atoms in total. The highest BCUT2D eigenvalue weighted by molar-refractivity contribution is 5.96. The molecule has 0 radical (unpaired) electrons. The summed E-state index contributed by atoms with van der Waals surface area (Å²) in [7, 11) is 0. The van der Waals surface area contributed by atoms with Gasteiger partial charge in [0, 0.05) is 31.0 Å². The molecular formula is C24H26N8O11. The third-order valence-electron chi connectivity index (χ3n) is 5.43. The van der Waals surface area contributed by atoms with E-state index in [9.17, 15) is 28.8 Å². The SMILES string of the molecule is O=C(O)CNC(=O)c1cc(-n2ccc(CN(CC(=O)O)CC(=O)O)n2)nc(-n2ccc(CN(CC(=O)O)CC(=O)O)n2)c1. The number of hydrogen-bond acceptors (Lipinski definition) is 11. The number of pyridine rings is 1. The minimum absolute atomic E-state index is 0.0351.